The molecule has 2 atom stereocenters. The summed E-state index contributed by atoms with van der Waals surface area (Å²) in [5, 5.41) is 3.81. The number of rotatable bonds is 2. The Bertz CT molecular complexity index is 172. The van der Waals surface area contributed by atoms with Crippen molar-refractivity contribution in [3.05, 3.63) is 0 Å². The first-order valence-corrected chi connectivity index (χ1v) is 4.32. The molecule has 0 spiro atoms. The average Bonchev–Trinajstić information content (AvgIpc) is 2.33. The summed E-state index contributed by atoms with van der Waals surface area (Å²) in [5.41, 5.74) is 4.98. The maximum atomic E-state index is 10.5. The standard InChI is InChI=1S/C8H16N3O/c1-6(10-8(9)12)7-4-3-5-11(7)2/h6-7H,3-5H2,1-2H3,(H2,9,12). The van der Waals surface area contributed by atoms with Crippen LogP contribution in [0, 0.1) is 0 Å². The quantitative estimate of drug-likeness (QED) is 0.641. The number of hydrogen-bond acceptors (Lipinski definition) is 2. The second-order valence-electron chi connectivity index (χ2n) is 3.40. The van der Waals surface area contributed by atoms with E-state index in [4.69, 9.17) is 5.73 Å². The lowest BCUT2D eigenvalue weighted by Crippen LogP contribution is -2.43. The highest BCUT2D eigenvalue weighted by atomic mass is 16.2. The third-order valence-corrected chi connectivity index (χ3v) is 2.46. The van der Waals surface area contributed by atoms with Crippen LogP contribution in [0.4, 0.5) is 4.79 Å². The fourth-order valence-corrected chi connectivity index (χ4v) is 1.83. The molecule has 1 aliphatic rings. The number of primary amides is 1. The van der Waals surface area contributed by atoms with Gasteiger partial charge >= 0.3 is 6.03 Å². The van der Waals surface area contributed by atoms with Crippen LogP contribution in [-0.4, -0.2) is 36.6 Å². The van der Waals surface area contributed by atoms with Gasteiger partial charge < -0.3 is 10.6 Å². The molecule has 0 saturated carbocycles. The van der Waals surface area contributed by atoms with Crippen LogP contribution in [0.5, 0.6) is 0 Å². The molecule has 12 heavy (non-hydrogen) atoms. The number of amides is 2. The molecule has 0 bridgehead atoms. The van der Waals surface area contributed by atoms with E-state index in [9.17, 15) is 4.79 Å². The summed E-state index contributed by atoms with van der Waals surface area (Å²) in [7, 11) is 2.06. The van der Waals surface area contributed by atoms with E-state index >= 15 is 0 Å². The van der Waals surface area contributed by atoms with Crippen molar-refractivity contribution in [1.82, 2.24) is 10.2 Å². The molecule has 0 aromatic heterocycles. The number of carbonyl (C=O) groups excluding carboxylic acids is 1. The fraction of sp³-hybridized carbons (Fsp3) is 0.875. The average molecular weight is 170 g/mol. The van der Waals surface area contributed by atoms with Crippen LogP contribution < -0.4 is 11.1 Å². The first-order valence-electron chi connectivity index (χ1n) is 4.32. The van der Waals surface area contributed by atoms with E-state index in [-0.39, 0.29) is 6.04 Å². The minimum absolute atomic E-state index is 0.0370. The molecule has 69 valence electrons. The number of likely N-dealkylation sites (tertiary alicyclic amines) is 1. The third-order valence-electron chi connectivity index (χ3n) is 2.46. The van der Waals surface area contributed by atoms with E-state index in [1.807, 2.05) is 6.92 Å². The van der Waals surface area contributed by atoms with Gasteiger partial charge in [0.25, 0.3) is 0 Å². The van der Waals surface area contributed by atoms with Crippen LogP contribution in [0.25, 0.3) is 0 Å². The molecule has 1 saturated heterocycles. The van der Waals surface area contributed by atoms with Crippen LogP contribution in [0.15, 0.2) is 0 Å². The zero-order valence-electron chi connectivity index (χ0n) is 7.66. The molecular formula is C8H16N3O. The lowest BCUT2D eigenvalue weighted by molar-refractivity contribution is 0.225. The van der Waals surface area contributed by atoms with Gasteiger partial charge in [-0.1, -0.05) is 0 Å². The number of urea groups is 1. The van der Waals surface area contributed by atoms with Gasteiger partial charge in [-0.05, 0) is 33.4 Å². The van der Waals surface area contributed by atoms with Crippen LogP contribution in [0.2, 0.25) is 0 Å². The van der Waals surface area contributed by atoms with Crippen LogP contribution in [0.1, 0.15) is 19.8 Å². The van der Waals surface area contributed by atoms with Gasteiger partial charge in [0.05, 0.1) is 6.04 Å². The third kappa shape index (κ3) is 2.11. The molecule has 1 rings (SSSR count). The second kappa shape index (κ2) is 3.76. The van der Waals surface area contributed by atoms with E-state index in [0.717, 1.165) is 13.0 Å². The van der Waals surface area contributed by atoms with Gasteiger partial charge in [0.15, 0.2) is 0 Å². The predicted octanol–water partition coefficient (Wildman–Crippen LogP) is 0.152. The van der Waals surface area contributed by atoms with Crippen LogP contribution in [-0.2, 0) is 0 Å². The normalized spacial score (nSPS) is 27.0. The molecule has 0 aromatic rings. The van der Waals surface area contributed by atoms with Crippen molar-refractivity contribution in [2.24, 2.45) is 5.73 Å². The second-order valence-corrected chi connectivity index (χ2v) is 3.40. The molecule has 2 unspecified atom stereocenters. The van der Waals surface area contributed by atoms with Gasteiger partial charge in [-0.15, -0.1) is 0 Å². The smallest absolute Gasteiger partial charge is 0.334 e. The van der Waals surface area contributed by atoms with E-state index < -0.39 is 6.03 Å². The SMILES string of the molecule is CC([N]C(N)=O)C1CCCN1C. The van der Waals surface area contributed by atoms with Crippen molar-refractivity contribution in [2.45, 2.75) is 31.8 Å². The van der Waals surface area contributed by atoms with Crippen molar-refractivity contribution < 1.29 is 4.79 Å². The largest absolute Gasteiger partial charge is 0.350 e. The van der Waals surface area contributed by atoms with Crippen molar-refractivity contribution in [1.29, 1.82) is 0 Å². The molecule has 1 aliphatic heterocycles. The molecule has 2 N–H and O–H groups in total. The van der Waals surface area contributed by atoms with Crippen LogP contribution in [0.3, 0.4) is 0 Å². The van der Waals surface area contributed by atoms with E-state index in [1.165, 1.54) is 6.42 Å². The van der Waals surface area contributed by atoms with Crippen molar-refractivity contribution >= 4 is 6.03 Å². The molecule has 0 aromatic carbocycles. The van der Waals surface area contributed by atoms with Gasteiger partial charge in [0, 0.05) is 6.04 Å². The lowest BCUT2D eigenvalue weighted by atomic mass is 10.1. The Morgan fingerprint density at radius 2 is 2.42 bits per heavy atom. The maximum Gasteiger partial charge on any atom is 0.334 e. The molecular weight excluding hydrogens is 154 g/mol. The maximum absolute atomic E-state index is 10.5. The van der Waals surface area contributed by atoms with Gasteiger partial charge in [0.2, 0.25) is 0 Å². The van der Waals surface area contributed by atoms with Crippen molar-refractivity contribution in [3.63, 3.8) is 0 Å². The highest BCUT2D eigenvalue weighted by Gasteiger charge is 2.27. The molecule has 1 radical (unpaired) electrons. The first kappa shape index (κ1) is 9.32. The number of nitrogens with two attached hydrogens (primary N) is 1. The zero-order chi connectivity index (χ0) is 9.14. The minimum atomic E-state index is -0.553. The van der Waals surface area contributed by atoms with E-state index in [1.54, 1.807) is 0 Å². The summed E-state index contributed by atoms with van der Waals surface area (Å²) in [6.45, 7) is 3.04. The molecule has 4 nitrogen and oxygen atoms in total. The molecule has 2 amide bonds. The van der Waals surface area contributed by atoms with E-state index in [0.29, 0.717) is 6.04 Å². The molecule has 4 heteroatoms. The Morgan fingerprint density at radius 3 is 2.83 bits per heavy atom. The van der Waals surface area contributed by atoms with Crippen molar-refractivity contribution in [3.8, 4) is 0 Å². The summed E-state index contributed by atoms with van der Waals surface area (Å²) in [4.78, 5) is 12.7. The summed E-state index contributed by atoms with van der Waals surface area (Å²) < 4.78 is 0. The van der Waals surface area contributed by atoms with Crippen LogP contribution >= 0.6 is 0 Å². The number of hydrogen-bond donors (Lipinski definition) is 1. The summed E-state index contributed by atoms with van der Waals surface area (Å²) >= 11 is 0. The monoisotopic (exact) mass is 170 g/mol. The molecule has 1 heterocycles. The topological polar surface area (TPSA) is 60.4 Å². The molecule has 1 fully saturated rings. The Hall–Kier alpha value is -0.770. The highest BCUT2D eigenvalue weighted by Crippen LogP contribution is 2.17. The highest BCUT2D eigenvalue weighted by molar-refractivity contribution is 5.71. The number of likely N-dealkylation sites (N-methyl/N-ethyl adjacent to an activating group) is 1. The number of nitrogens with zero attached hydrogens (tertiary/aromatic N) is 2. The fourth-order valence-electron chi connectivity index (χ4n) is 1.83. The predicted molar refractivity (Wildman–Crippen MR) is 46.8 cm³/mol. The summed E-state index contributed by atoms with van der Waals surface area (Å²) in [6.07, 6.45) is 2.31. The van der Waals surface area contributed by atoms with E-state index in [2.05, 4.69) is 17.3 Å². The Labute approximate surface area is 73.1 Å². The van der Waals surface area contributed by atoms with Crippen molar-refractivity contribution in [2.75, 3.05) is 13.6 Å². The number of carbonyl (C=O) groups is 1. The lowest BCUT2D eigenvalue weighted by Gasteiger charge is -2.24. The van der Waals surface area contributed by atoms with Gasteiger partial charge in [-0.3, -0.25) is 0 Å². The Kier molecular flexibility index (Phi) is 2.92. The Morgan fingerprint density at radius 1 is 1.75 bits per heavy atom. The Balaban J connectivity index is 2.40. The van der Waals surface area contributed by atoms with Gasteiger partial charge in [0.1, 0.15) is 0 Å². The zero-order valence-corrected chi connectivity index (χ0v) is 7.66. The minimum Gasteiger partial charge on any atom is -0.350 e. The first-order chi connectivity index (χ1) is 5.61. The summed E-state index contributed by atoms with van der Waals surface area (Å²) in [6, 6.07) is -0.115. The van der Waals surface area contributed by atoms with Gasteiger partial charge in [-0.25, -0.2) is 10.1 Å². The molecule has 0 aliphatic carbocycles. The van der Waals surface area contributed by atoms with Gasteiger partial charge in [-0.2, -0.15) is 0 Å². The summed E-state index contributed by atoms with van der Waals surface area (Å²) in [5.74, 6) is 0.